The molecule has 24 nitrogen and oxygen atoms in total. The monoisotopic (exact) mass is 1050 g/mol. The van der Waals surface area contributed by atoms with Crippen molar-refractivity contribution in [3.63, 3.8) is 0 Å². The minimum atomic E-state index is -0.407. The molecule has 0 bridgehead atoms. The molecular formula is C54H51N15O9. The summed E-state index contributed by atoms with van der Waals surface area (Å²) in [5.74, 6) is -0.879. The Hall–Kier alpha value is -10.0. The molecule has 3 aliphatic carbocycles. The van der Waals surface area contributed by atoms with E-state index in [9.17, 15) is 28.8 Å². The number of pyridine rings is 3. The summed E-state index contributed by atoms with van der Waals surface area (Å²) in [6.07, 6.45) is 5.30. The molecule has 6 fully saturated rings. The van der Waals surface area contributed by atoms with Gasteiger partial charge < -0.3 is 47.4 Å². The summed E-state index contributed by atoms with van der Waals surface area (Å²) in [5.41, 5.74) is 21.7. The van der Waals surface area contributed by atoms with Gasteiger partial charge in [0, 0.05) is 51.8 Å². The summed E-state index contributed by atoms with van der Waals surface area (Å²) >= 11 is 0. The number of cyclic esters (lactones) is 3. The maximum absolute atomic E-state index is 12.1. The highest BCUT2D eigenvalue weighted by Crippen LogP contribution is 2.41. The number of nitrogen functional groups attached to an aromatic ring is 3. The predicted molar refractivity (Wildman–Crippen MR) is 286 cm³/mol. The summed E-state index contributed by atoms with van der Waals surface area (Å²) in [6.45, 7) is 6.67. The molecule has 24 heteroatoms. The number of hydrogen-bond acceptors (Lipinski definition) is 18. The molecule has 3 saturated heterocycles. The second-order valence-electron chi connectivity index (χ2n) is 20.1. The first-order valence-corrected chi connectivity index (χ1v) is 25.0. The van der Waals surface area contributed by atoms with Gasteiger partial charge in [0.1, 0.15) is 37.3 Å². The van der Waals surface area contributed by atoms with Gasteiger partial charge in [-0.15, -0.1) is 0 Å². The topological polar surface area (TPSA) is 364 Å². The van der Waals surface area contributed by atoms with Crippen LogP contribution in [0.15, 0.2) is 73.2 Å². The highest BCUT2D eigenvalue weighted by molar-refractivity contribution is 6.05. The smallest absolute Gasteiger partial charge is 0.414 e. The van der Waals surface area contributed by atoms with E-state index >= 15 is 0 Å². The van der Waals surface area contributed by atoms with Gasteiger partial charge in [0.2, 0.25) is 17.7 Å². The number of amides is 6. The third kappa shape index (κ3) is 10.4. The number of aromatic nitrogens is 3. The molecule has 2 unspecified atom stereocenters. The minimum absolute atomic E-state index is 0.0851. The van der Waals surface area contributed by atoms with Crippen molar-refractivity contribution in [1.82, 2.24) is 15.0 Å². The zero-order chi connectivity index (χ0) is 55.3. The Bertz CT molecular complexity index is 3280. The molecule has 9 atom stereocenters. The molecule has 6 aromatic rings. The number of rotatable bonds is 9. The first-order chi connectivity index (χ1) is 37.4. The first-order valence-electron chi connectivity index (χ1n) is 25.0. The number of benzene rings is 3. The Morgan fingerprint density at radius 2 is 0.756 bits per heavy atom. The first kappa shape index (κ1) is 51.5. The van der Waals surface area contributed by atoms with E-state index in [2.05, 4.69) is 49.1 Å². The van der Waals surface area contributed by atoms with Gasteiger partial charge in [0.25, 0.3) is 0 Å². The lowest BCUT2D eigenvalue weighted by Crippen LogP contribution is -2.30. The van der Waals surface area contributed by atoms with Gasteiger partial charge in [0.15, 0.2) is 0 Å². The second kappa shape index (κ2) is 20.6. The lowest BCUT2D eigenvalue weighted by molar-refractivity contribution is -0.118. The molecule has 3 aromatic heterocycles. The van der Waals surface area contributed by atoms with E-state index in [4.69, 9.17) is 47.2 Å². The van der Waals surface area contributed by atoms with Gasteiger partial charge >= 0.3 is 18.3 Å². The van der Waals surface area contributed by atoms with E-state index in [1.165, 1.54) is 0 Å². The minimum Gasteiger partial charge on any atom is -0.447 e. The van der Waals surface area contributed by atoms with E-state index in [1.54, 1.807) is 69.7 Å². The Balaban J connectivity index is 0.000000132. The van der Waals surface area contributed by atoms with Gasteiger partial charge in [0.05, 0.1) is 88.9 Å². The quantitative estimate of drug-likeness (QED) is 0.0641. The third-order valence-electron chi connectivity index (χ3n) is 14.3. The fourth-order valence-corrected chi connectivity index (χ4v) is 9.60. The Morgan fingerprint density at radius 1 is 0.487 bits per heavy atom. The average molecular weight is 1050 g/mol. The normalized spacial score (nSPS) is 24.2. The number of nitriles is 3. The van der Waals surface area contributed by atoms with Gasteiger partial charge in [-0.2, -0.15) is 15.8 Å². The van der Waals surface area contributed by atoms with E-state index < -0.39 is 18.3 Å². The van der Waals surface area contributed by atoms with E-state index in [-0.39, 0.29) is 71.4 Å². The predicted octanol–water partition coefficient (Wildman–Crippen LogP) is 6.78. The lowest BCUT2D eigenvalue weighted by atomic mass is 10.1. The van der Waals surface area contributed by atoms with Crippen LogP contribution < -0.4 is 47.9 Å². The summed E-state index contributed by atoms with van der Waals surface area (Å²) in [7, 11) is 0. The van der Waals surface area contributed by atoms with Crippen LogP contribution >= 0.6 is 0 Å². The lowest BCUT2D eigenvalue weighted by Gasteiger charge is -2.19. The van der Waals surface area contributed by atoms with Crippen molar-refractivity contribution in [2.24, 2.45) is 35.5 Å². The zero-order valence-electron chi connectivity index (χ0n) is 42.3. The van der Waals surface area contributed by atoms with Gasteiger partial charge in [-0.1, -0.05) is 0 Å². The highest BCUT2D eigenvalue weighted by Gasteiger charge is 2.45. The fraction of sp³-hybridized carbons (Fsp3) is 0.333. The molecule has 9 N–H and O–H groups in total. The zero-order valence-corrected chi connectivity index (χ0v) is 42.3. The number of nitrogens with zero attached hydrogens (tertiary/aromatic N) is 9. The molecule has 0 radical (unpaired) electrons. The average Bonchev–Trinajstić information content (AvgIpc) is 4.41. The van der Waals surface area contributed by atoms with Crippen LogP contribution in [0.2, 0.25) is 0 Å². The number of nitrogens with one attached hydrogen (secondary N) is 3. The molecule has 6 heterocycles. The van der Waals surface area contributed by atoms with Crippen LogP contribution in [-0.4, -0.2) is 88.9 Å². The standard InChI is InChI=1S/3C18H17N5O3/c3*1-9-8-26-18(25)23(9)12-2-10-4-16(21-7-14(10)15(20)5-12)22-17(24)13-3-11(13)6-19/h3*2,4-5,7,9,11,13H,3,8,20H2,1H3,(H,21,22,24)/t9-,11?,13?;9-,11+,13-;9-,11-,13+/m111/s1. The van der Waals surface area contributed by atoms with Crippen molar-refractivity contribution in [2.45, 2.75) is 58.2 Å². The van der Waals surface area contributed by atoms with Crippen LogP contribution in [0, 0.1) is 69.5 Å². The van der Waals surface area contributed by atoms with E-state index in [0.29, 0.717) is 90.7 Å². The Morgan fingerprint density at radius 3 is 0.974 bits per heavy atom. The summed E-state index contributed by atoms with van der Waals surface area (Å²) in [4.78, 5) is 89.5. The van der Waals surface area contributed by atoms with Gasteiger partial charge in [-0.3, -0.25) is 29.1 Å². The van der Waals surface area contributed by atoms with Crippen LogP contribution in [0.25, 0.3) is 32.3 Å². The van der Waals surface area contributed by atoms with E-state index in [1.807, 2.05) is 39.0 Å². The van der Waals surface area contributed by atoms with Crippen molar-refractivity contribution >= 4 is 120 Å². The molecule has 396 valence electrons. The number of nitrogens with two attached hydrogens (primary N) is 3. The van der Waals surface area contributed by atoms with Crippen LogP contribution in [0.5, 0.6) is 0 Å². The summed E-state index contributed by atoms with van der Waals surface area (Å²) in [5, 5.41) is 39.2. The molecule has 6 amide bonds. The van der Waals surface area contributed by atoms with Crippen LogP contribution in [0.3, 0.4) is 0 Å². The number of carbonyl (C=O) groups is 6. The summed E-state index contributed by atoms with van der Waals surface area (Å²) < 4.78 is 15.2. The highest BCUT2D eigenvalue weighted by atomic mass is 16.6. The molecule has 3 aliphatic heterocycles. The maximum atomic E-state index is 12.1. The van der Waals surface area contributed by atoms with E-state index in [0.717, 1.165) is 32.3 Å². The van der Waals surface area contributed by atoms with Crippen molar-refractivity contribution < 1.29 is 43.0 Å². The third-order valence-corrected chi connectivity index (χ3v) is 14.3. The molecule has 78 heavy (non-hydrogen) atoms. The Kier molecular flexibility index (Phi) is 13.6. The number of hydrogen-bond donors (Lipinski definition) is 6. The maximum Gasteiger partial charge on any atom is 0.414 e. The fourth-order valence-electron chi connectivity index (χ4n) is 9.60. The number of anilines is 9. The van der Waals surface area contributed by atoms with Crippen molar-refractivity contribution in [3.05, 3.63) is 73.2 Å². The van der Waals surface area contributed by atoms with Gasteiger partial charge in [-0.25, -0.2) is 29.3 Å². The van der Waals surface area contributed by atoms with Crippen molar-refractivity contribution in [1.29, 1.82) is 15.8 Å². The molecule has 0 spiro atoms. The second-order valence-corrected chi connectivity index (χ2v) is 20.1. The largest absolute Gasteiger partial charge is 0.447 e. The SMILES string of the molecule is C[C@@H]1COC(=O)N1c1cc(N)c2cnc(NC(=O)C3CC3C#N)cc2c1.C[C@@H]1COC(=O)N1c1cc(N)c2cnc(NC(=O)[C@@H]3C[C@H]3C#N)cc2c1.C[C@@H]1COC(=O)N1c1cc(N)c2cnc(NC(=O)[C@H]3C[C@@H]3C#N)cc2c1. The van der Waals surface area contributed by atoms with Gasteiger partial charge in [-0.05, 0) is 111 Å². The number of ether oxygens (including phenoxy) is 3. The molecule has 6 aliphatic rings. The Labute approximate surface area is 445 Å². The molecular weight excluding hydrogens is 1000 g/mol. The number of carbonyl (C=O) groups excluding carboxylic acids is 6. The molecule has 3 saturated carbocycles. The summed E-state index contributed by atoms with van der Waals surface area (Å²) in [6, 6.07) is 21.8. The van der Waals surface area contributed by atoms with Crippen LogP contribution in [0.1, 0.15) is 40.0 Å². The molecule has 12 rings (SSSR count). The van der Waals surface area contributed by atoms with Crippen LogP contribution in [-0.2, 0) is 28.6 Å². The van der Waals surface area contributed by atoms with Crippen molar-refractivity contribution in [2.75, 3.05) is 67.7 Å². The van der Waals surface area contributed by atoms with Crippen LogP contribution in [0.4, 0.5) is 66.0 Å². The molecule has 3 aromatic carbocycles. The number of fused-ring (bicyclic) bond motifs is 3. The van der Waals surface area contributed by atoms with Crippen molar-refractivity contribution in [3.8, 4) is 18.2 Å².